The molecule has 0 unspecified atom stereocenters. The number of rotatable bonds is 5. The van der Waals surface area contributed by atoms with Gasteiger partial charge in [0.05, 0.1) is 23.7 Å². The summed E-state index contributed by atoms with van der Waals surface area (Å²) in [7, 11) is 1.54. The van der Waals surface area contributed by atoms with Gasteiger partial charge in [-0.3, -0.25) is 4.84 Å². The minimum absolute atomic E-state index is 0.120. The minimum Gasteiger partial charge on any atom is -0.618 e. The van der Waals surface area contributed by atoms with Crippen LogP contribution in [0.2, 0.25) is 10.0 Å². The van der Waals surface area contributed by atoms with Crippen molar-refractivity contribution in [3.8, 4) is 5.75 Å². The number of aromatic nitrogens is 1. The van der Waals surface area contributed by atoms with Gasteiger partial charge in [0, 0.05) is 30.8 Å². The Balaban J connectivity index is 1.77. The average molecular weight is 383 g/mol. The third-order valence-corrected chi connectivity index (χ3v) is 4.13. The van der Waals surface area contributed by atoms with Gasteiger partial charge in [0.25, 0.3) is 0 Å². The van der Waals surface area contributed by atoms with Crippen molar-refractivity contribution in [3.05, 3.63) is 57.5 Å². The number of guanidine groups is 1. The zero-order chi connectivity index (χ0) is 17.8. The molecule has 1 N–H and O–H groups in total. The molecular formula is C16H16Cl2N4O3. The molecule has 1 fully saturated rings. The highest BCUT2D eigenvalue weighted by molar-refractivity contribution is 6.39. The third kappa shape index (κ3) is 4.07. The second-order valence-electron chi connectivity index (χ2n) is 5.20. The van der Waals surface area contributed by atoms with E-state index in [1.807, 2.05) is 0 Å². The summed E-state index contributed by atoms with van der Waals surface area (Å²) in [5.74, 6) is 1.03. The summed E-state index contributed by atoms with van der Waals surface area (Å²) >= 11 is 12.5. The quantitative estimate of drug-likeness (QED) is 0.635. The molecule has 1 aliphatic heterocycles. The Kier molecular flexibility index (Phi) is 5.47. The number of halogens is 2. The van der Waals surface area contributed by atoms with Gasteiger partial charge in [-0.05, 0) is 6.07 Å². The number of ether oxygens (including phenoxy) is 1. The first-order chi connectivity index (χ1) is 12.1. The van der Waals surface area contributed by atoms with Crippen LogP contribution in [0.3, 0.4) is 0 Å². The SMILES string of the molecule is COc1cc(Cl)c(/N=C2\NCCN2OCc2cccc[n+]2[O-])c(Cl)c1. The first-order valence-electron chi connectivity index (χ1n) is 7.51. The Labute approximate surface area is 154 Å². The highest BCUT2D eigenvalue weighted by Crippen LogP contribution is 2.37. The van der Waals surface area contributed by atoms with Gasteiger partial charge in [-0.25, -0.2) is 10.1 Å². The highest BCUT2D eigenvalue weighted by Gasteiger charge is 2.21. The van der Waals surface area contributed by atoms with Crippen LogP contribution in [0.15, 0.2) is 41.5 Å². The van der Waals surface area contributed by atoms with Crippen LogP contribution in [0.4, 0.5) is 5.69 Å². The lowest BCUT2D eigenvalue weighted by Gasteiger charge is -2.17. The molecule has 1 saturated heterocycles. The van der Waals surface area contributed by atoms with Crippen molar-refractivity contribution >= 4 is 34.8 Å². The summed E-state index contributed by atoms with van der Waals surface area (Å²) in [5.41, 5.74) is 0.912. The molecule has 0 radical (unpaired) electrons. The van der Waals surface area contributed by atoms with E-state index in [2.05, 4.69) is 10.3 Å². The Morgan fingerprint density at radius 3 is 2.76 bits per heavy atom. The molecule has 0 amide bonds. The lowest BCUT2D eigenvalue weighted by Crippen LogP contribution is -2.35. The molecule has 7 nitrogen and oxygen atoms in total. The standard InChI is InChI=1S/C16H16Cl2N4O3/c1-24-12-8-13(17)15(14(18)9-12)20-16-19-5-7-22(16)25-10-11-4-2-3-6-21(11)23/h2-4,6,8-9H,5,7,10H2,1H3,(H,19,20). The van der Waals surface area contributed by atoms with Crippen LogP contribution in [-0.4, -0.2) is 31.2 Å². The van der Waals surface area contributed by atoms with E-state index in [-0.39, 0.29) is 6.61 Å². The number of nitrogens with zero attached hydrogens (tertiary/aromatic N) is 3. The number of benzene rings is 1. The zero-order valence-corrected chi connectivity index (χ0v) is 14.9. The van der Waals surface area contributed by atoms with Crippen LogP contribution in [0.1, 0.15) is 5.69 Å². The molecule has 0 bridgehead atoms. The zero-order valence-electron chi connectivity index (χ0n) is 13.4. The van der Waals surface area contributed by atoms with E-state index in [9.17, 15) is 5.21 Å². The minimum atomic E-state index is 0.120. The number of hydrogen-bond acceptors (Lipinski definition) is 4. The fourth-order valence-electron chi connectivity index (χ4n) is 2.28. The van der Waals surface area contributed by atoms with E-state index < -0.39 is 0 Å². The summed E-state index contributed by atoms with van der Waals surface area (Å²) in [6.45, 7) is 1.35. The number of aliphatic imine (C=N–C) groups is 1. The maximum Gasteiger partial charge on any atom is 0.223 e. The van der Waals surface area contributed by atoms with Crippen molar-refractivity contribution in [2.75, 3.05) is 20.2 Å². The van der Waals surface area contributed by atoms with Crippen LogP contribution in [0.5, 0.6) is 5.75 Å². The fourth-order valence-corrected chi connectivity index (χ4v) is 2.83. The number of hydroxylamine groups is 2. The van der Waals surface area contributed by atoms with Crippen LogP contribution in [-0.2, 0) is 11.4 Å². The molecule has 0 aliphatic carbocycles. The van der Waals surface area contributed by atoms with E-state index in [4.69, 9.17) is 32.8 Å². The molecule has 132 valence electrons. The number of pyridine rings is 1. The van der Waals surface area contributed by atoms with Crippen LogP contribution in [0.25, 0.3) is 0 Å². The number of hydrogen-bond donors (Lipinski definition) is 1. The van der Waals surface area contributed by atoms with Crippen LogP contribution in [0, 0.1) is 5.21 Å². The summed E-state index contributed by atoms with van der Waals surface area (Å²) in [4.78, 5) is 10.1. The van der Waals surface area contributed by atoms with Gasteiger partial charge in [-0.2, -0.15) is 4.73 Å². The maximum atomic E-state index is 11.7. The molecule has 1 aliphatic rings. The molecule has 1 aromatic carbocycles. The summed E-state index contributed by atoms with van der Waals surface area (Å²) in [6, 6.07) is 8.41. The van der Waals surface area contributed by atoms with E-state index >= 15 is 0 Å². The number of methoxy groups -OCH3 is 1. The fraction of sp³-hybridized carbons (Fsp3) is 0.250. The summed E-state index contributed by atoms with van der Waals surface area (Å²) < 4.78 is 5.88. The lowest BCUT2D eigenvalue weighted by molar-refractivity contribution is -0.617. The Morgan fingerprint density at radius 1 is 1.32 bits per heavy atom. The van der Waals surface area contributed by atoms with Crippen molar-refractivity contribution < 1.29 is 14.3 Å². The van der Waals surface area contributed by atoms with Gasteiger partial charge in [0.1, 0.15) is 11.4 Å². The van der Waals surface area contributed by atoms with E-state index in [0.717, 1.165) is 4.73 Å². The topological polar surface area (TPSA) is 73.0 Å². The number of nitrogens with one attached hydrogen (secondary N) is 1. The van der Waals surface area contributed by atoms with Gasteiger partial charge in [-0.1, -0.05) is 23.2 Å². The van der Waals surface area contributed by atoms with Gasteiger partial charge in [-0.15, -0.1) is 0 Å². The molecule has 0 spiro atoms. The van der Waals surface area contributed by atoms with Gasteiger partial charge >= 0.3 is 0 Å². The van der Waals surface area contributed by atoms with Crippen LogP contribution < -0.4 is 14.8 Å². The van der Waals surface area contributed by atoms with Crippen molar-refractivity contribution in [1.82, 2.24) is 10.4 Å². The molecule has 0 atom stereocenters. The molecule has 1 aromatic heterocycles. The molecule has 2 aromatic rings. The van der Waals surface area contributed by atoms with Crippen molar-refractivity contribution in [1.29, 1.82) is 0 Å². The second kappa shape index (κ2) is 7.77. The first-order valence-corrected chi connectivity index (χ1v) is 8.27. The Hall–Kier alpha value is -2.22. The predicted molar refractivity (Wildman–Crippen MR) is 95.0 cm³/mol. The van der Waals surface area contributed by atoms with Gasteiger partial charge in [0.15, 0.2) is 12.8 Å². The van der Waals surface area contributed by atoms with Crippen molar-refractivity contribution in [2.24, 2.45) is 4.99 Å². The molecule has 25 heavy (non-hydrogen) atoms. The van der Waals surface area contributed by atoms with Gasteiger partial charge < -0.3 is 15.3 Å². The molecule has 3 rings (SSSR count). The largest absolute Gasteiger partial charge is 0.618 e. The average Bonchev–Trinajstić information content (AvgIpc) is 3.04. The molecular weight excluding hydrogens is 367 g/mol. The third-order valence-electron chi connectivity index (χ3n) is 3.55. The summed E-state index contributed by atoms with van der Waals surface area (Å²) in [5, 5.41) is 17.1. The first kappa shape index (κ1) is 17.6. The van der Waals surface area contributed by atoms with Crippen LogP contribution >= 0.6 is 23.2 Å². The monoisotopic (exact) mass is 382 g/mol. The van der Waals surface area contributed by atoms with E-state index in [0.29, 0.717) is 46.2 Å². The lowest BCUT2D eigenvalue weighted by atomic mass is 10.3. The van der Waals surface area contributed by atoms with E-state index in [1.54, 1.807) is 35.4 Å². The molecule has 9 heteroatoms. The maximum absolute atomic E-state index is 11.7. The van der Waals surface area contributed by atoms with Gasteiger partial charge in [0.2, 0.25) is 11.7 Å². The molecule has 0 saturated carbocycles. The molecule has 2 heterocycles. The Morgan fingerprint density at radius 2 is 2.08 bits per heavy atom. The smallest absolute Gasteiger partial charge is 0.223 e. The normalized spacial score (nSPS) is 15.5. The highest BCUT2D eigenvalue weighted by atomic mass is 35.5. The van der Waals surface area contributed by atoms with Crippen molar-refractivity contribution in [3.63, 3.8) is 0 Å². The predicted octanol–water partition coefficient (Wildman–Crippen LogP) is 2.66. The Bertz CT molecular complexity index is 778. The van der Waals surface area contributed by atoms with Crippen molar-refractivity contribution in [2.45, 2.75) is 6.61 Å². The second-order valence-corrected chi connectivity index (χ2v) is 6.01. The van der Waals surface area contributed by atoms with E-state index in [1.165, 1.54) is 13.3 Å². The summed E-state index contributed by atoms with van der Waals surface area (Å²) in [6.07, 6.45) is 1.42.